The van der Waals surface area contributed by atoms with Crippen LogP contribution in [0, 0.1) is 13.8 Å². The molecule has 0 aliphatic rings. The molecule has 1 unspecified atom stereocenters. The molecule has 0 saturated carbocycles. The van der Waals surface area contributed by atoms with Gasteiger partial charge >= 0.3 is 5.97 Å². The van der Waals surface area contributed by atoms with Crippen molar-refractivity contribution in [2.45, 2.75) is 44.0 Å². The van der Waals surface area contributed by atoms with E-state index >= 15 is 0 Å². The van der Waals surface area contributed by atoms with Crippen molar-refractivity contribution in [3.63, 3.8) is 0 Å². The first-order valence-electron chi connectivity index (χ1n) is 6.51. The van der Waals surface area contributed by atoms with E-state index in [1.54, 1.807) is 25.7 Å². The van der Waals surface area contributed by atoms with Crippen molar-refractivity contribution in [3.8, 4) is 0 Å². The summed E-state index contributed by atoms with van der Waals surface area (Å²) >= 11 is 1.79. The Hall–Kier alpha value is -1.00. The van der Waals surface area contributed by atoms with Gasteiger partial charge < -0.3 is 10.4 Å². The van der Waals surface area contributed by atoms with Gasteiger partial charge in [0.2, 0.25) is 0 Å². The molecule has 0 saturated heterocycles. The van der Waals surface area contributed by atoms with E-state index in [9.17, 15) is 4.79 Å². The maximum atomic E-state index is 11.1. The Morgan fingerprint density at radius 2 is 2.05 bits per heavy atom. The highest BCUT2D eigenvalue weighted by Gasteiger charge is 2.30. The molecule has 0 amide bonds. The van der Waals surface area contributed by atoms with Gasteiger partial charge in [0.1, 0.15) is 5.54 Å². The van der Waals surface area contributed by atoms with Crippen LogP contribution in [0.4, 0.5) is 0 Å². The van der Waals surface area contributed by atoms with Crippen LogP contribution in [0.3, 0.4) is 0 Å². The third-order valence-corrected chi connectivity index (χ3v) is 4.67. The first-order chi connectivity index (χ1) is 8.89. The SMILES string of the molecule is CNC(C)(CCCSc1ccc(C)c(C)c1)C(=O)O. The first-order valence-corrected chi connectivity index (χ1v) is 7.50. The summed E-state index contributed by atoms with van der Waals surface area (Å²) < 4.78 is 0. The lowest BCUT2D eigenvalue weighted by molar-refractivity contribution is -0.144. The van der Waals surface area contributed by atoms with Crippen LogP contribution < -0.4 is 5.32 Å². The van der Waals surface area contributed by atoms with Gasteiger partial charge in [-0.15, -0.1) is 11.8 Å². The molecule has 1 aromatic rings. The number of aryl methyl sites for hydroxylation is 2. The quantitative estimate of drug-likeness (QED) is 0.595. The fourth-order valence-electron chi connectivity index (χ4n) is 1.76. The number of carbonyl (C=O) groups is 1. The van der Waals surface area contributed by atoms with Gasteiger partial charge in [-0.1, -0.05) is 6.07 Å². The molecule has 0 spiro atoms. The topological polar surface area (TPSA) is 49.3 Å². The van der Waals surface area contributed by atoms with Gasteiger partial charge in [-0.05, 0) is 69.7 Å². The third-order valence-electron chi connectivity index (χ3n) is 3.59. The van der Waals surface area contributed by atoms with Crippen LogP contribution in [0.5, 0.6) is 0 Å². The van der Waals surface area contributed by atoms with E-state index in [1.807, 2.05) is 0 Å². The molecule has 106 valence electrons. The molecule has 0 aliphatic heterocycles. The smallest absolute Gasteiger partial charge is 0.323 e. The Morgan fingerprint density at radius 1 is 1.37 bits per heavy atom. The minimum atomic E-state index is -0.816. The second-order valence-corrected chi connectivity index (χ2v) is 6.25. The summed E-state index contributed by atoms with van der Waals surface area (Å²) in [5.74, 6) is 0.152. The molecular formula is C15H23NO2S. The Balaban J connectivity index is 2.42. The summed E-state index contributed by atoms with van der Waals surface area (Å²) in [5.41, 5.74) is 1.79. The first kappa shape index (κ1) is 16.1. The number of carboxylic acids is 1. The normalized spacial score (nSPS) is 14.1. The van der Waals surface area contributed by atoms with Crippen molar-refractivity contribution in [3.05, 3.63) is 29.3 Å². The third kappa shape index (κ3) is 4.55. The van der Waals surface area contributed by atoms with Crippen LogP contribution in [-0.4, -0.2) is 29.4 Å². The number of hydrogen-bond donors (Lipinski definition) is 2. The maximum Gasteiger partial charge on any atom is 0.323 e. The van der Waals surface area contributed by atoms with E-state index < -0.39 is 11.5 Å². The van der Waals surface area contributed by atoms with E-state index in [0.717, 1.165) is 12.2 Å². The average molecular weight is 281 g/mol. The lowest BCUT2D eigenvalue weighted by Crippen LogP contribution is -2.47. The Morgan fingerprint density at radius 3 is 2.58 bits per heavy atom. The Labute approximate surface area is 119 Å². The van der Waals surface area contributed by atoms with Crippen LogP contribution >= 0.6 is 11.8 Å². The van der Waals surface area contributed by atoms with E-state index in [-0.39, 0.29) is 0 Å². The molecule has 1 rings (SSSR count). The van der Waals surface area contributed by atoms with Gasteiger partial charge in [-0.3, -0.25) is 4.79 Å². The number of rotatable bonds is 7. The number of likely N-dealkylation sites (N-methyl/N-ethyl adjacent to an activating group) is 1. The van der Waals surface area contributed by atoms with Gasteiger partial charge in [0, 0.05) is 4.90 Å². The number of nitrogens with one attached hydrogen (secondary N) is 1. The van der Waals surface area contributed by atoms with Crippen molar-refractivity contribution in [2.75, 3.05) is 12.8 Å². The molecule has 0 radical (unpaired) electrons. The molecule has 2 N–H and O–H groups in total. The van der Waals surface area contributed by atoms with Crippen LogP contribution in [-0.2, 0) is 4.79 Å². The molecule has 0 aliphatic carbocycles. The molecule has 1 atom stereocenters. The van der Waals surface area contributed by atoms with Crippen molar-refractivity contribution in [2.24, 2.45) is 0 Å². The van der Waals surface area contributed by atoms with E-state index in [0.29, 0.717) is 6.42 Å². The fourth-order valence-corrected chi connectivity index (χ4v) is 2.71. The predicted molar refractivity (Wildman–Crippen MR) is 81.0 cm³/mol. The Bertz CT molecular complexity index is 448. The number of benzene rings is 1. The number of aliphatic carboxylic acids is 1. The maximum absolute atomic E-state index is 11.1. The molecular weight excluding hydrogens is 258 g/mol. The number of hydrogen-bond acceptors (Lipinski definition) is 3. The minimum Gasteiger partial charge on any atom is -0.480 e. The zero-order valence-corrected chi connectivity index (χ0v) is 12.9. The fraction of sp³-hybridized carbons (Fsp3) is 0.533. The van der Waals surface area contributed by atoms with Gasteiger partial charge in [0.25, 0.3) is 0 Å². The van der Waals surface area contributed by atoms with Gasteiger partial charge in [0.15, 0.2) is 0 Å². The summed E-state index contributed by atoms with van der Waals surface area (Å²) in [5, 5.41) is 12.0. The summed E-state index contributed by atoms with van der Waals surface area (Å²) in [6.45, 7) is 5.95. The average Bonchev–Trinajstić information content (AvgIpc) is 2.38. The van der Waals surface area contributed by atoms with E-state index in [1.165, 1.54) is 16.0 Å². The van der Waals surface area contributed by atoms with E-state index in [4.69, 9.17) is 5.11 Å². The molecule has 0 bridgehead atoms. The molecule has 3 nitrogen and oxygen atoms in total. The molecule has 0 fully saturated rings. The molecule has 0 heterocycles. The largest absolute Gasteiger partial charge is 0.480 e. The molecule has 1 aromatic carbocycles. The van der Waals surface area contributed by atoms with Crippen LogP contribution in [0.1, 0.15) is 30.9 Å². The Kier molecular flexibility index (Phi) is 5.88. The highest BCUT2D eigenvalue weighted by atomic mass is 32.2. The monoisotopic (exact) mass is 281 g/mol. The summed E-state index contributed by atoms with van der Waals surface area (Å²) in [6.07, 6.45) is 1.51. The molecule has 0 aromatic heterocycles. The van der Waals surface area contributed by atoms with Crippen LogP contribution in [0.2, 0.25) is 0 Å². The summed E-state index contributed by atoms with van der Waals surface area (Å²) in [4.78, 5) is 12.4. The van der Waals surface area contributed by atoms with Gasteiger partial charge in [-0.2, -0.15) is 0 Å². The zero-order valence-electron chi connectivity index (χ0n) is 12.1. The minimum absolute atomic E-state index is 0.636. The summed E-state index contributed by atoms with van der Waals surface area (Å²) in [7, 11) is 1.70. The molecule has 19 heavy (non-hydrogen) atoms. The van der Waals surface area contributed by atoms with Crippen molar-refractivity contribution in [1.29, 1.82) is 0 Å². The van der Waals surface area contributed by atoms with E-state index in [2.05, 4.69) is 37.4 Å². The lowest BCUT2D eigenvalue weighted by Gasteiger charge is -2.23. The number of thioether (sulfide) groups is 1. The second-order valence-electron chi connectivity index (χ2n) is 5.09. The van der Waals surface area contributed by atoms with Crippen molar-refractivity contribution >= 4 is 17.7 Å². The van der Waals surface area contributed by atoms with Gasteiger partial charge in [-0.25, -0.2) is 0 Å². The predicted octanol–water partition coefficient (Wildman–Crippen LogP) is 3.24. The van der Waals surface area contributed by atoms with Gasteiger partial charge in [0.05, 0.1) is 0 Å². The van der Waals surface area contributed by atoms with Crippen molar-refractivity contribution < 1.29 is 9.90 Å². The van der Waals surface area contributed by atoms with Crippen LogP contribution in [0.15, 0.2) is 23.1 Å². The summed E-state index contributed by atoms with van der Waals surface area (Å²) in [6, 6.07) is 6.45. The van der Waals surface area contributed by atoms with Crippen molar-refractivity contribution in [1.82, 2.24) is 5.32 Å². The number of carboxylic acid groups (broad SMARTS) is 1. The lowest BCUT2D eigenvalue weighted by atomic mass is 9.97. The van der Waals surface area contributed by atoms with Crippen LogP contribution in [0.25, 0.3) is 0 Å². The second kappa shape index (κ2) is 6.96. The standard InChI is InChI=1S/C15H23NO2S/c1-11-6-7-13(10-12(11)2)19-9-5-8-15(3,16-4)14(17)18/h6-7,10,16H,5,8-9H2,1-4H3,(H,17,18). The zero-order chi connectivity index (χ0) is 14.5. The highest BCUT2D eigenvalue weighted by molar-refractivity contribution is 7.99. The highest BCUT2D eigenvalue weighted by Crippen LogP contribution is 2.23. The molecule has 4 heteroatoms.